The Morgan fingerprint density at radius 3 is 0.941 bits per heavy atom. The van der Waals surface area contributed by atoms with Crippen LogP contribution in [0.4, 0.5) is 34.9 Å². The largest absolute Gasteiger partial charge is 0.490 e. The van der Waals surface area contributed by atoms with E-state index in [9.17, 15) is 14.4 Å². The molecule has 0 atom stereocenters. The molecule has 4 aromatic rings. The number of esters is 3. The van der Waals surface area contributed by atoms with Gasteiger partial charge in [-0.3, -0.25) is 0 Å². The van der Waals surface area contributed by atoms with Crippen LogP contribution in [-0.2, 0) is 28.6 Å². The summed E-state index contributed by atoms with van der Waals surface area (Å²) in [5.74, 6) is 0.891. The van der Waals surface area contributed by atoms with Gasteiger partial charge in [0.2, 0.25) is 17.8 Å². The third-order valence-corrected chi connectivity index (χ3v) is 6.26. The van der Waals surface area contributed by atoms with Gasteiger partial charge < -0.3 is 44.4 Å². The first-order valence-electron chi connectivity index (χ1n) is 15.5. The average molecular weight is 697 g/mol. The van der Waals surface area contributed by atoms with Crippen molar-refractivity contribution < 1.29 is 42.8 Å². The molecule has 0 spiro atoms. The first-order valence-corrected chi connectivity index (χ1v) is 15.5. The number of nitrogens with one attached hydrogen (secondary N) is 3. The smallest absolute Gasteiger partial charge is 0.330 e. The van der Waals surface area contributed by atoms with Crippen LogP contribution in [0.1, 0.15) is 0 Å². The predicted molar refractivity (Wildman–Crippen MR) is 189 cm³/mol. The van der Waals surface area contributed by atoms with Gasteiger partial charge in [0.05, 0.1) is 0 Å². The fraction of sp³-hybridized carbons (Fsp3) is 0.167. The Kier molecular flexibility index (Phi) is 14.3. The summed E-state index contributed by atoms with van der Waals surface area (Å²) in [6.45, 7) is 10.9. The maximum Gasteiger partial charge on any atom is 0.330 e. The third kappa shape index (κ3) is 13.3. The summed E-state index contributed by atoms with van der Waals surface area (Å²) < 4.78 is 31.6. The lowest BCUT2D eigenvalue weighted by atomic mass is 10.3. The van der Waals surface area contributed by atoms with Crippen LogP contribution in [0.15, 0.2) is 111 Å². The first-order chi connectivity index (χ1) is 24.8. The average Bonchev–Trinajstić information content (AvgIpc) is 3.15. The fourth-order valence-electron chi connectivity index (χ4n) is 3.92. The van der Waals surface area contributed by atoms with Gasteiger partial charge in [0.1, 0.15) is 56.9 Å². The molecule has 0 bridgehead atoms. The van der Waals surface area contributed by atoms with E-state index in [1.807, 2.05) is 0 Å². The predicted octanol–water partition coefficient (Wildman–Crippen LogP) is 5.43. The SMILES string of the molecule is C=CC(=O)OCCOc1ccc(Nc2nc(Nc3ccc(OCCOC(=O)C=C)cc3)nc(Nc3ccc(OCCOC(=O)C=C)cc3)n2)cc1. The Balaban J connectivity index is 1.43. The van der Waals surface area contributed by atoms with E-state index in [0.717, 1.165) is 18.2 Å². The summed E-state index contributed by atoms with van der Waals surface area (Å²) in [5.41, 5.74) is 2.01. The topological polar surface area (TPSA) is 181 Å². The summed E-state index contributed by atoms with van der Waals surface area (Å²) in [7, 11) is 0. The molecule has 15 nitrogen and oxygen atoms in total. The quantitative estimate of drug-likeness (QED) is 0.0434. The molecule has 0 saturated heterocycles. The van der Waals surface area contributed by atoms with Gasteiger partial charge in [-0.25, -0.2) is 14.4 Å². The second-order valence-electron chi connectivity index (χ2n) is 9.91. The lowest BCUT2D eigenvalue weighted by Crippen LogP contribution is -2.10. The number of anilines is 6. The van der Waals surface area contributed by atoms with Crippen LogP contribution in [0.25, 0.3) is 0 Å². The van der Waals surface area contributed by atoms with Crippen molar-refractivity contribution in [2.75, 3.05) is 55.6 Å². The number of carbonyl (C=O) groups excluding carboxylic acids is 3. The molecule has 0 saturated carbocycles. The maximum absolute atomic E-state index is 11.2. The Hall–Kier alpha value is -6.90. The Morgan fingerprint density at radius 1 is 0.451 bits per heavy atom. The van der Waals surface area contributed by atoms with Gasteiger partial charge >= 0.3 is 17.9 Å². The van der Waals surface area contributed by atoms with Crippen molar-refractivity contribution in [3.63, 3.8) is 0 Å². The van der Waals surface area contributed by atoms with E-state index in [1.54, 1.807) is 72.8 Å². The van der Waals surface area contributed by atoms with Gasteiger partial charge in [-0.05, 0) is 72.8 Å². The molecule has 3 aromatic carbocycles. The number of hydrogen-bond donors (Lipinski definition) is 3. The molecule has 0 radical (unpaired) electrons. The van der Waals surface area contributed by atoms with Crippen LogP contribution >= 0.6 is 0 Å². The van der Waals surface area contributed by atoms with Crippen molar-refractivity contribution in [3.8, 4) is 17.2 Å². The van der Waals surface area contributed by atoms with Crippen molar-refractivity contribution >= 4 is 52.8 Å². The fourth-order valence-corrected chi connectivity index (χ4v) is 3.92. The van der Waals surface area contributed by atoms with Crippen molar-refractivity contribution in [1.29, 1.82) is 0 Å². The Bertz CT molecular complexity index is 1560. The van der Waals surface area contributed by atoms with Crippen LogP contribution < -0.4 is 30.2 Å². The molecule has 4 rings (SSSR count). The molecule has 51 heavy (non-hydrogen) atoms. The number of benzene rings is 3. The van der Waals surface area contributed by atoms with Crippen molar-refractivity contribution in [3.05, 3.63) is 111 Å². The standard InChI is InChI=1S/C36H36N6O9/c1-4-31(43)49-22-19-46-28-13-7-25(8-14-28)37-34-40-35(38-26-9-15-29(16-10-26)47-20-23-50-32(44)5-2)42-36(41-34)39-27-11-17-30(18-12-27)48-21-24-51-33(45)6-3/h4-18H,1-3,19-24H2,(H3,37,38,39,40,41,42). The van der Waals surface area contributed by atoms with Crippen LogP contribution in [0.3, 0.4) is 0 Å². The van der Waals surface area contributed by atoms with Crippen LogP contribution in [0, 0.1) is 0 Å². The zero-order valence-corrected chi connectivity index (χ0v) is 27.5. The first kappa shape index (κ1) is 36.9. The van der Waals surface area contributed by atoms with E-state index in [1.165, 1.54) is 0 Å². The summed E-state index contributed by atoms with van der Waals surface area (Å²) in [6.07, 6.45) is 3.27. The third-order valence-electron chi connectivity index (χ3n) is 6.26. The zero-order chi connectivity index (χ0) is 36.3. The molecule has 0 aliphatic heterocycles. The van der Waals surface area contributed by atoms with E-state index in [2.05, 4.69) is 50.6 Å². The second-order valence-corrected chi connectivity index (χ2v) is 9.91. The van der Waals surface area contributed by atoms with E-state index < -0.39 is 17.9 Å². The molecule has 1 aromatic heterocycles. The summed E-state index contributed by atoms with van der Waals surface area (Å²) in [4.78, 5) is 47.2. The molecule has 264 valence electrons. The van der Waals surface area contributed by atoms with Crippen molar-refractivity contribution in [2.45, 2.75) is 0 Å². The number of nitrogens with zero attached hydrogens (tertiary/aromatic N) is 3. The lowest BCUT2D eigenvalue weighted by molar-refractivity contribution is -0.139. The van der Waals surface area contributed by atoms with Crippen LogP contribution in [-0.4, -0.2) is 72.5 Å². The molecule has 0 amide bonds. The van der Waals surface area contributed by atoms with Crippen molar-refractivity contribution in [2.24, 2.45) is 0 Å². The van der Waals surface area contributed by atoms with E-state index in [-0.39, 0.29) is 57.5 Å². The van der Waals surface area contributed by atoms with Gasteiger partial charge in [0.15, 0.2) is 0 Å². The number of aromatic nitrogens is 3. The number of rotatable bonds is 21. The van der Waals surface area contributed by atoms with Gasteiger partial charge in [0.25, 0.3) is 0 Å². The van der Waals surface area contributed by atoms with Gasteiger partial charge in [-0.1, -0.05) is 19.7 Å². The second kappa shape index (κ2) is 19.8. The molecular formula is C36H36N6O9. The molecule has 0 aliphatic rings. The molecule has 1 heterocycles. The minimum absolute atomic E-state index is 0.0905. The molecular weight excluding hydrogens is 660 g/mol. The molecule has 0 unspecified atom stereocenters. The van der Waals surface area contributed by atoms with Gasteiger partial charge in [-0.15, -0.1) is 0 Å². The van der Waals surface area contributed by atoms with Gasteiger partial charge in [0, 0.05) is 35.3 Å². The Labute approximate surface area is 293 Å². The minimum atomic E-state index is -0.517. The molecule has 15 heteroatoms. The molecule has 0 aliphatic carbocycles. The zero-order valence-electron chi connectivity index (χ0n) is 27.5. The summed E-state index contributed by atoms with van der Waals surface area (Å²) in [5, 5.41) is 9.51. The molecule has 3 N–H and O–H groups in total. The lowest BCUT2D eigenvalue weighted by Gasteiger charge is -2.13. The van der Waals surface area contributed by atoms with Crippen LogP contribution in [0.2, 0.25) is 0 Å². The minimum Gasteiger partial charge on any atom is -0.490 e. The highest BCUT2D eigenvalue weighted by molar-refractivity contribution is 5.81. The van der Waals surface area contributed by atoms with E-state index in [4.69, 9.17) is 28.4 Å². The van der Waals surface area contributed by atoms with Gasteiger partial charge in [-0.2, -0.15) is 15.0 Å². The highest BCUT2D eigenvalue weighted by atomic mass is 16.6. The van der Waals surface area contributed by atoms with Crippen LogP contribution in [0.5, 0.6) is 17.2 Å². The van der Waals surface area contributed by atoms with E-state index >= 15 is 0 Å². The number of hydrogen-bond acceptors (Lipinski definition) is 15. The normalized spacial score (nSPS) is 10.1. The maximum atomic E-state index is 11.2. The highest BCUT2D eigenvalue weighted by Gasteiger charge is 2.10. The summed E-state index contributed by atoms with van der Waals surface area (Å²) >= 11 is 0. The summed E-state index contributed by atoms with van der Waals surface area (Å²) in [6, 6.07) is 21.2. The monoisotopic (exact) mass is 696 g/mol. The molecule has 0 fully saturated rings. The number of carbonyl (C=O) groups is 3. The van der Waals surface area contributed by atoms with E-state index in [0.29, 0.717) is 34.3 Å². The number of ether oxygens (including phenoxy) is 6. The highest BCUT2D eigenvalue weighted by Crippen LogP contribution is 2.24. The van der Waals surface area contributed by atoms with Crippen molar-refractivity contribution in [1.82, 2.24) is 15.0 Å². The Morgan fingerprint density at radius 2 is 0.706 bits per heavy atom.